The zero-order chi connectivity index (χ0) is 14.5. The van der Waals surface area contributed by atoms with Gasteiger partial charge in [-0.1, -0.05) is 0 Å². The van der Waals surface area contributed by atoms with Gasteiger partial charge in [0.25, 0.3) is 0 Å². The van der Waals surface area contributed by atoms with E-state index in [0.717, 1.165) is 38.8 Å². The summed E-state index contributed by atoms with van der Waals surface area (Å²) in [6, 6.07) is 0. The monoisotopic (exact) mass is 289 g/mol. The molecule has 1 rings (SSSR count). The van der Waals surface area contributed by atoms with Gasteiger partial charge in [-0.05, 0) is 64.0 Å². The molecule has 0 unspecified atom stereocenters. The van der Waals surface area contributed by atoms with Crippen molar-refractivity contribution in [3.05, 3.63) is 0 Å². The molecule has 5 heteroatoms. The molecule has 1 fully saturated rings. The van der Waals surface area contributed by atoms with E-state index in [4.69, 9.17) is 16.3 Å². The van der Waals surface area contributed by atoms with E-state index in [1.807, 2.05) is 20.8 Å². The minimum absolute atomic E-state index is 0.220. The smallest absolute Gasteiger partial charge is 0.410 e. The number of carbonyl (C=O) groups excluding carboxylic acids is 2. The molecule has 0 aromatic rings. The number of hydrogen-bond donors (Lipinski definition) is 0. The van der Waals surface area contributed by atoms with Crippen LogP contribution in [0.25, 0.3) is 0 Å². The Balaban J connectivity index is 2.25. The third kappa shape index (κ3) is 6.81. The van der Waals surface area contributed by atoms with Crippen molar-refractivity contribution in [2.24, 2.45) is 5.92 Å². The van der Waals surface area contributed by atoms with Crippen LogP contribution in [0.1, 0.15) is 52.9 Å². The number of ether oxygens (including phenoxy) is 1. The van der Waals surface area contributed by atoms with Gasteiger partial charge in [0.05, 0.1) is 0 Å². The Kier molecular flexibility index (Phi) is 6.11. The number of nitrogens with zero attached hydrogens (tertiary/aromatic N) is 1. The quantitative estimate of drug-likeness (QED) is 0.743. The Bertz CT molecular complexity index is 317. The third-order valence-electron chi connectivity index (χ3n) is 3.25. The average molecular weight is 290 g/mol. The average Bonchev–Trinajstić information content (AvgIpc) is 2.27. The summed E-state index contributed by atoms with van der Waals surface area (Å²) in [7, 11) is 0. The Morgan fingerprint density at radius 2 is 1.84 bits per heavy atom. The molecule has 0 aromatic heterocycles. The summed E-state index contributed by atoms with van der Waals surface area (Å²) in [5.74, 6) is 0.592. The first-order chi connectivity index (χ1) is 8.78. The molecule has 0 saturated carbocycles. The van der Waals surface area contributed by atoms with E-state index in [1.54, 1.807) is 4.90 Å². The minimum Gasteiger partial charge on any atom is -0.444 e. The lowest BCUT2D eigenvalue weighted by Gasteiger charge is -2.33. The number of rotatable bonds is 4. The summed E-state index contributed by atoms with van der Waals surface area (Å²) in [6.07, 6.45) is 4.06. The number of halogens is 1. The number of hydrogen-bond acceptors (Lipinski definition) is 3. The third-order valence-corrected chi connectivity index (χ3v) is 3.44. The molecule has 0 N–H and O–H groups in total. The number of piperidine rings is 1. The second-order valence-corrected chi connectivity index (χ2v) is 6.58. The van der Waals surface area contributed by atoms with Gasteiger partial charge in [0.1, 0.15) is 5.60 Å². The van der Waals surface area contributed by atoms with Crippen molar-refractivity contribution < 1.29 is 14.3 Å². The maximum absolute atomic E-state index is 11.9. The fraction of sp³-hybridized carbons (Fsp3) is 0.857. The molecular weight excluding hydrogens is 266 g/mol. The summed E-state index contributed by atoms with van der Waals surface area (Å²) < 4.78 is 5.35. The van der Waals surface area contributed by atoms with Gasteiger partial charge in [-0.15, -0.1) is 0 Å². The van der Waals surface area contributed by atoms with Crippen molar-refractivity contribution in [2.75, 3.05) is 13.1 Å². The number of likely N-dealkylation sites (tertiary alicyclic amines) is 1. The first-order valence-corrected chi connectivity index (χ1v) is 7.32. The highest BCUT2D eigenvalue weighted by Crippen LogP contribution is 2.24. The molecule has 1 saturated heterocycles. The molecule has 1 aliphatic heterocycles. The van der Waals surface area contributed by atoms with Crippen LogP contribution in [0.3, 0.4) is 0 Å². The highest BCUT2D eigenvalue weighted by molar-refractivity contribution is 6.63. The van der Waals surface area contributed by atoms with Crippen molar-refractivity contribution >= 4 is 22.9 Å². The lowest BCUT2D eigenvalue weighted by Crippen LogP contribution is -2.41. The molecule has 0 radical (unpaired) electrons. The van der Waals surface area contributed by atoms with Crippen LogP contribution in [0, 0.1) is 5.92 Å². The lowest BCUT2D eigenvalue weighted by molar-refractivity contribution is -0.111. The second-order valence-electron chi connectivity index (χ2n) is 6.16. The van der Waals surface area contributed by atoms with Crippen LogP contribution in [0.4, 0.5) is 4.79 Å². The maximum atomic E-state index is 11.9. The fourth-order valence-corrected chi connectivity index (χ4v) is 2.39. The highest BCUT2D eigenvalue weighted by atomic mass is 35.5. The van der Waals surface area contributed by atoms with Crippen LogP contribution >= 0.6 is 11.6 Å². The molecule has 0 aromatic carbocycles. The van der Waals surface area contributed by atoms with Crippen molar-refractivity contribution in [2.45, 2.75) is 58.5 Å². The molecule has 1 amide bonds. The van der Waals surface area contributed by atoms with Crippen LogP contribution in [0.15, 0.2) is 0 Å². The molecule has 0 spiro atoms. The van der Waals surface area contributed by atoms with Gasteiger partial charge in [0.15, 0.2) is 0 Å². The molecular formula is C14H24ClNO3. The summed E-state index contributed by atoms with van der Waals surface area (Å²) in [5.41, 5.74) is -0.436. The van der Waals surface area contributed by atoms with Crippen molar-refractivity contribution in [3.63, 3.8) is 0 Å². The summed E-state index contributed by atoms with van der Waals surface area (Å²) in [4.78, 5) is 24.3. The van der Waals surface area contributed by atoms with Crippen molar-refractivity contribution in [3.8, 4) is 0 Å². The zero-order valence-corrected chi connectivity index (χ0v) is 12.8. The molecule has 1 aliphatic rings. The first-order valence-electron chi connectivity index (χ1n) is 6.94. The van der Waals surface area contributed by atoms with E-state index >= 15 is 0 Å². The second kappa shape index (κ2) is 7.13. The number of amides is 1. The maximum Gasteiger partial charge on any atom is 0.410 e. The van der Waals surface area contributed by atoms with Gasteiger partial charge in [0.2, 0.25) is 5.24 Å². The van der Waals surface area contributed by atoms with Gasteiger partial charge in [-0.2, -0.15) is 0 Å². The molecule has 4 nitrogen and oxygen atoms in total. The van der Waals surface area contributed by atoms with Gasteiger partial charge >= 0.3 is 6.09 Å². The van der Waals surface area contributed by atoms with E-state index < -0.39 is 5.60 Å². The first kappa shape index (κ1) is 16.3. The predicted octanol–water partition coefficient (Wildman–Crippen LogP) is 3.57. The molecule has 0 aliphatic carbocycles. The van der Waals surface area contributed by atoms with E-state index in [2.05, 4.69) is 0 Å². The largest absolute Gasteiger partial charge is 0.444 e. The van der Waals surface area contributed by atoms with E-state index in [0.29, 0.717) is 12.3 Å². The molecule has 19 heavy (non-hydrogen) atoms. The van der Waals surface area contributed by atoms with Crippen molar-refractivity contribution in [1.82, 2.24) is 4.90 Å². The Labute approximate surface area is 120 Å². The summed E-state index contributed by atoms with van der Waals surface area (Å²) in [6.45, 7) is 7.12. The van der Waals surface area contributed by atoms with Crippen LogP contribution in [0.2, 0.25) is 0 Å². The summed E-state index contributed by atoms with van der Waals surface area (Å²) >= 11 is 5.31. The minimum atomic E-state index is -0.436. The van der Waals surface area contributed by atoms with E-state index in [1.165, 1.54) is 0 Å². The van der Waals surface area contributed by atoms with Gasteiger partial charge in [-0.25, -0.2) is 4.79 Å². The fourth-order valence-electron chi connectivity index (χ4n) is 2.26. The van der Waals surface area contributed by atoms with Crippen LogP contribution in [-0.2, 0) is 9.53 Å². The van der Waals surface area contributed by atoms with Gasteiger partial charge in [0, 0.05) is 19.5 Å². The Morgan fingerprint density at radius 3 is 2.32 bits per heavy atom. The zero-order valence-electron chi connectivity index (χ0n) is 12.1. The lowest BCUT2D eigenvalue weighted by atomic mass is 9.92. The highest BCUT2D eigenvalue weighted by Gasteiger charge is 2.26. The predicted molar refractivity (Wildman–Crippen MR) is 75.2 cm³/mol. The van der Waals surface area contributed by atoms with Crippen molar-refractivity contribution in [1.29, 1.82) is 0 Å². The molecule has 0 atom stereocenters. The molecule has 1 heterocycles. The standard InChI is InChI=1S/C14H24ClNO3/c1-14(2,3)19-13(18)16-9-7-11(8-10-16)5-4-6-12(15)17/h11H,4-10H2,1-3H3. The Morgan fingerprint density at radius 1 is 1.26 bits per heavy atom. The SMILES string of the molecule is CC(C)(C)OC(=O)N1CCC(CCCC(=O)Cl)CC1. The van der Waals surface area contributed by atoms with Gasteiger partial charge in [-0.3, -0.25) is 4.79 Å². The van der Waals surface area contributed by atoms with E-state index in [-0.39, 0.29) is 11.3 Å². The summed E-state index contributed by atoms with van der Waals surface area (Å²) in [5, 5.41) is -0.258. The molecule has 0 bridgehead atoms. The van der Waals surface area contributed by atoms with Crippen LogP contribution in [0.5, 0.6) is 0 Å². The Hall–Kier alpha value is -0.770. The van der Waals surface area contributed by atoms with Crippen LogP contribution in [-0.4, -0.2) is 34.9 Å². The molecule has 110 valence electrons. The normalized spacial score (nSPS) is 17.4. The van der Waals surface area contributed by atoms with Crippen LogP contribution < -0.4 is 0 Å². The van der Waals surface area contributed by atoms with Gasteiger partial charge < -0.3 is 9.64 Å². The number of carbonyl (C=O) groups is 2. The topological polar surface area (TPSA) is 46.6 Å². The van der Waals surface area contributed by atoms with E-state index in [9.17, 15) is 9.59 Å².